The molecular formula is C19H28N4O2. The Bertz CT molecular complexity index is 737. The second-order valence-electron chi connectivity index (χ2n) is 6.48. The standard InChI is InChI=1S/C19H28N4O2/c1-13-16(14(2)23(5)21-13)11-19(24)20-12-17(22(3)4)15-9-7-8-10-18(15)25-6/h7-10,17H,11-12H2,1-6H3,(H,20,24). The molecule has 25 heavy (non-hydrogen) atoms. The van der Waals surface area contributed by atoms with Crippen LogP contribution in [0.25, 0.3) is 0 Å². The van der Waals surface area contributed by atoms with Crippen molar-refractivity contribution in [1.82, 2.24) is 20.0 Å². The summed E-state index contributed by atoms with van der Waals surface area (Å²) in [4.78, 5) is 14.5. The van der Waals surface area contributed by atoms with Gasteiger partial charge >= 0.3 is 0 Å². The van der Waals surface area contributed by atoms with Crippen LogP contribution in [-0.2, 0) is 18.3 Å². The maximum atomic E-state index is 12.4. The summed E-state index contributed by atoms with van der Waals surface area (Å²) in [6.07, 6.45) is 0.345. The van der Waals surface area contributed by atoms with Crippen molar-refractivity contribution in [3.8, 4) is 5.75 Å². The largest absolute Gasteiger partial charge is 0.496 e. The first kappa shape index (κ1) is 19.0. The average molecular weight is 344 g/mol. The van der Waals surface area contributed by atoms with E-state index in [1.807, 2.05) is 63.9 Å². The monoisotopic (exact) mass is 344 g/mol. The topological polar surface area (TPSA) is 59.4 Å². The summed E-state index contributed by atoms with van der Waals surface area (Å²) in [5.41, 5.74) is 3.99. The molecule has 2 aromatic rings. The van der Waals surface area contributed by atoms with E-state index in [0.29, 0.717) is 13.0 Å². The molecule has 0 bridgehead atoms. The van der Waals surface area contributed by atoms with Crippen LogP contribution in [0.4, 0.5) is 0 Å². The maximum Gasteiger partial charge on any atom is 0.224 e. The van der Waals surface area contributed by atoms with Crippen LogP contribution in [-0.4, -0.2) is 48.3 Å². The highest BCUT2D eigenvalue weighted by molar-refractivity contribution is 5.79. The van der Waals surface area contributed by atoms with Gasteiger partial charge in [-0.15, -0.1) is 0 Å². The summed E-state index contributed by atoms with van der Waals surface area (Å²) in [6, 6.07) is 7.94. The molecule has 2 rings (SSSR count). The minimum Gasteiger partial charge on any atom is -0.496 e. The molecule has 1 N–H and O–H groups in total. The minimum absolute atomic E-state index is 0.000878. The van der Waals surface area contributed by atoms with Crippen molar-refractivity contribution in [1.29, 1.82) is 0 Å². The van der Waals surface area contributed by atoms with E-state index in [1.54, 1.807) is 7.11 Å². The smallest absolute Gasteiger partial charge is 0.224 e. The number of hydrogen-bond acceptors (Lipinski definition) is 4. The molecule has 1 heterocycles. The number of aryl methyl sites for hydroxylation is 2. The van der Waals surface area contributed by atoms with Crippen molar-refractivity contribution in [3.05, 3.63) is 46.8 Å². The molecule has 0 aliphatic rings. The summed E-state index contributed by atoms with van der Waals surface area (Å²) < 4.78 is 7.28. The lowest BCUT2D eigenvalue weighted by Crippen LogP contribution is -2.35. The van der Waals surface area contributed by atoms with E-state index in [-0.39, 0.29) is 11.9 Å². The number of ether oxygens (including phenoxy) is 1. The third-order valence-corrected chi connectivity index (χ3v) is 4.61. The van der Waals surface area contributed by atoms with E-state index in [9.17, 15) is 4.79 Å². The number of methoxy groups -OCH3 is 1. The molecule has 1 aromatic heterocycles. The van der Waals surface area contributed by atoms with Crippen molar-refractivity contribution in [3.63, 3.8) is 0 Å². The Morgan fingerprint density at radius 2 is 2.00 bits per heavy atom. The normalized spacial score (nSPS) is 12.3. The molecular weight excluding hydrogens is 316 g/mol. The Hall–Kier alpha value is -2.34. The number of para-hydroxylation sites is 1. The molecule has 0 fully saturated rings. The second kappa shape index (κ2) is 8.16. The lowest BCUT2D eigenvalue weighted by Gasteiger charge is -2.26. The zero-order valence-corrected chi connectivity index (χ0v) is 16.0. The van der Waals surface area contributed by atoms with Crippen LogP contribution in [0.3, 0.4) is 0 Å². The molecule has 0 spiro atoms. The molecule has 0 aliphatic heterocycles. The number of likely N-dealkylation sites (N-methyl/N-ethyl adjacent to an activating group) is 1. The fourth-order valence-corrected chi connectivity index (χ4v) is 3.02. The molecule has 0 saturated heterocycles. The Morgan fingerprint density at radius 1 is 1.32 bits per heavy atom. The van der Waals surface area contributed by atoms with Gasteiger partial charge in [-0.1, -0.05) is 18.2 Å². The van der Waals surface area contributed by atoms with Gasteiger partial charge < -0.3 is 15.0 Å². The third kappa shape index (κ3) is 4.39. The number of aromatic nitrogens is 2. The van der Waals surface area contributed by atoms with Crippen LogP contribution in [0.5, 0.6) is 5.75 Å². The van der Waals surface area contributed by atoms with Crippen LogP contribution >= 0.6 is 0 Å². The Balaban J connectivity index is 2.07. The van der Waals surface area contributed by atoms with E-state index in [4.69, 9.17) is 4.74 Å². The van der Waals surface area contributed by atoms with Crippen LogP contribution < -0.4 is 10.1 Å². The first-order valence-electron chi connectivity index (χ1n) is 8.40. The number of rotatable bonds is 7. The van der Waals surface area contributed by atoms with Crippen molar-refractivity contribution < 1.29 is 9.53 Å². The molecule has 6 heteroatoms. The Kier molecular flexibility index (Phi) is 6.20. The highest BCUT2D eigenvalue weighted by Gasteiger charge is 2.20. The number of nitrogens with one attached hydrogen (secondary N) is 1. The average Bonchev–Trinajstić information content (AvgIpc) is 2.81. The third-order valence-electron chi connectivity index (χ3n) is 4.61. The second-order valence-corrected chi connectivity index (χ2v) is 6.48. The predicted octanol–water partition coefficient (Wildman–Crippen LogP) is 2.01. The first-order valence-corrected chi connectivity index (χ1v) is 8.40. The Morgan fingerprint density at radius 3 is 2.56 bits per heavy atom. The number of carbonyl (C=O) groups excluding carboxylic acids is 1. The van der Waals surface area contributed by atoms with E-state index < -0.39 is 0 Å². The van der Waals surface area contributed by atoms with Crippen molar-refractivity contribution >= 4 is 5.91 Å². The molecule has 0 saturated carbocycles. The fourth-order valence-electron chi connectivity index (χ4n) is 3.02. The van der Waals surface area contributed by atoms with Crippen LogP contribution in [0, 0.1) is 13.8 Å². The molecule has 0 aliphatic carbocycles. The highest BCUT2D eigenvalue weighted by Crippen LogP contribution is 2.27. The van der Waals surface area contributed by atoms with Gasteiger partial charge in [0.25, 0.3) is 0 Å². The van der Waals surface area contributed by atoms with E-state index in [2.05, 4.69) is 15.3 Å². The van der Waals surface area contributed by atoms with Gasteiger partial charge in [-0.25, -0.2) is 0 Å². The number of benzene rings is 1. The summed E-state index contributed by atoms with van der Waals surface area (Å²) >= 11 is 0. The molecule has 1 unspecified atom stereocenters. The SMILES string of the molecule is COc1ccccc1C(CNC(=O)Cc1c(C)nn(C)c1C)N(C)C. The van der Waals surface area contributed by atoms with Gasteiger partial charge in [-0.2, -0.15) is 5.10 Å². The fraction of sp³-hybridized carbons (Fsp3) is 0.474. The molecule has 1 amide bonds. The summed E-state index contributed by atoms with van der Waals surface area (Å²) in [6.45, 7) is 4.44. The van der Waals surface area contributed by atoms with Gasteiger partial charge in [0, 0.05) is 30.4 Å². The van der Waals surface area contributed by atoms with Crippen molar-refractivity contribution in [2.45, 2.75) is 26.3 Å². The van der Waals surface area contributed by atoms with Crippen molar-refractivity contribution in [2.75, 3.05) is 27.7 Å². The van der Waals surface area contributed by atoms with Crippen LogP contribution in [0.1, 0.15) is 28.6 Å². The number of nitrogens with zero attached hydrogens (tertiary/aromatic N) is 3. The molecule has 6 nitrogen and oxygen atoms in total. The van der Waals surface area contributed by atoms with Crippen LogP contribution in [0.2, 0.25) is 0 Å². The van der Waals surface area contributed by atoms with Gasteiger partial charge in [0.1, 0.15) is 5.75 Å². The minimum atomic E-state index is 0.000878. The molecule has 0 radical (unpaired) electrons. The van der Waals surface area contributed by atoms with Gasteiger partial charge in [-0.05, 0) is 34.0 Å². The van der Waals surface area contributed by atoms with Gasteiger partial charge in [0.15, 0.2) is 0 Å². The van der Waals surface area contributed by atoms with E-state index in [0.717, 1.165) is 28.3 Å². The molecule has 1 atom stereocenters. The lowest BCUT2D eigenvalue weighted by molar-refractivity contribution is -0.120. The molecule has 136 valence electrons. The number of hydrogen-bond donors (Lipinski definition) is 1. The van der Waals surface area contributed by atoms with E-state index in [1.165, 1.54) is 0 Å². The highest BCUT2D eigenvalue weighted by atomic mass is 16.5. The van der Waals surface area contributed by atoms with Crippen molar-refractivity contribution in [2.24, 2.45) is 7.05 Å². The van der Waals surface area contributed by atoms with Gasteiger partial charge in [0.2, 0.25) is 5.91 Å². The summed E-state index contributed by atoms with van der Waals surface area (Å²) in [7, 11) is 7.56. The zero-order valence-electron chi connectivity index (χ0n) is 16.0. The summed E-state index contributed by atoms with van der Waals surface area (Å²) in [5.74, 6) is 0.829. The maximum absolute atomic E-state index is 12.4. The van der Waals surface area contributed by atoms with Gasteiger partial charge in [-0.3, -0.25) is 9.48 Å². The van der Waals surface area contributed by atoms with Gasteiger partial charge in [0.05, 0.1) is 25.3 Å². The lowest BCUT2D eigenvalue weighted by atomic mass is 10.0. The van der Waals surface area contributed by atoms with Crippen LogP contribution in [0.15, 0.2) is 24.3 Å². The summed E-state index contributed by atoms with van der Waals surface area (Å²) in [5, 5.41) is 7.42. The van der Waals surface area contributed by atoms with E-state index >= 15 is 0 Å². The Labute approximate surface area is 149 Å². The predicted molar refractivity (Wildman–Crippen MR) is 98.8 cm³/mol. The quantitative estimate of drug-likeness (QED) is 0.835. The zero-order chi connectivity index (χ0) is 18.6. The first-order chi connectivity index (χ1) is 11.8. The molecule has 1 aromatic carbocycles. The number of carbonyl (C=O) groups is 1. The number of amides is 1.